The molecule has 0 amide bonds. The first-order valence-electron chi connectivity index (χ1n) is 9.61. The fourth-order valence-electron chi connectivity index (χ4n) is 3.07. The van der Waals surface area contributed by atoms with Crippen molar-refractivity contribution in [1.29, 1.82) is 0 Å². The minimum atomic E-state index is -4.35. The molecule has 0 radical (unpaired) electrons. The van der Waals surface area contributed by atoms with Gasteiger partial charge in [0.2, 0.25) is 0 Å². The fourth-order valence-corrected chi connectivity index (χ4v) is 3.07. The number of unbranched alkanes of at least 4 members (excludes halogenated alkanes) is 8. The van der Waals surface area contributed by atoms with E-state index in [-0.39, 0.29) is 6.04 Å². The zero-order chi connectivity index (χ0) is 17.8. The monoisotopic (exact) mass is 346 g/mol. The summed E-state index contributed by atoms with van der Waals surface area (Å²) in [5.41, 5.74) is -0.774. The molecule has 0 saturated heterocycles. The standard InChI is InChI=1S/C19H33F3N2/c1-3-5-7-9-11-13-17(14-12-10-8-6-4-2)24-16-15-18(23-24)19(20,21)22/h15-17H,3-14H2,1-2H3. The van der Waals surface area contributed by atoms with Gasteiger partial charge in [0, 0.05) is 6.20 Å². The van der Waals surface area contributed by atoms with Crippen LogP contribution in [-0.2, 0) is 6.18 Å². The van der Waals surface area contributed by atoms with E-state index in [4.69, 9.17) is 0 Å². The van der Waals surface area contributed by atoms with Crippen LogP contribution in [0.15, 0.2) is 12.3 Å². The van der Waals surface area contributed by atoms with Crippen molar-refractivity contribution in [2.45, 2.75) is 103 Å². The maximum Gasteiger partial charge on any atom is 0.435 e. The summed E-state index contributed by atoms with van der Waals surface area (Å²) in [6.07, 6.45) is 10.8. The molecule has 0 aliphatic rings. The lowest BCUT2D eigenvalue weighted by Crippen LogP contribution is -2.13. The highest BCUT2D eigenvalue weighted by atomic mass is 19.4. The maximum absolute atomic E-state index is 12.8. The van der Waals surface area contributed by atoms with Gasteiger partial charge in [-0.1, -0.05) is 78.1 Å². The summed E-state index contributed by atoms with van der Waals surface area (Å²) in [6.45, 7) is 4.36. The summed E-state index contributed by atoms with van der Waals surface area (Å²) in [4.78, 5) is 0. The number of nitrogens with zero attached hydrogens (tertiary/aromatic N) is 2. The van der Waals surface area contributed by atoms with Crippen molar-refractivity contribution >= 4 is 0 Å². The third-order valence-corrected chi connectivity index (χ3v) is 4.55. The molecule has 0 N–H and O–H groups in total. The van der Waals surface area contributed by atoms with Gasteiger partial charge in [0.1, 0.15) is 0 Å². The van der Waals surface area contributed by atoms with Crippen LogP contribution in [0.2, 0.25) is 0 Å². The van der Waals surface area contributed by atoms with Crippen LogP contribution in [0.5, 0.6) is 0 Å². The van der Waals surface area contributed by atoms with E-state index in [2.05, 4.69) is 18.9 Å². The van der Waals surface area contributed by atoms with Gasteiger partial charge >= 0.3 is 6.18 Å². The van der Waals surface area contributed by atoms with Crippen molar-refractivity contribution < 1.29 is 13.2 Å². The number of rotatable bonds is 13. The quantitative estimate of drug-likeness (QED) is 0.346. The number of hydrogen-bond donors (Lipinski definition) is 0. The summed E-state index contributed by atoms with van der Waals surface area (Å²) in [7, 11) is 0. The summed E-state index contributed by atoms with van der Waals surface area (Å²) in [5.74, 6) is 0. The van der Waals surface area contributed by atoms with Gasteiger partial charge in [0.05, 0.1) is 6.04 Å². The van der Waals surface area contributed by atoms with Gasteiger partial charge < -0.3 is 0 Å². The van der Waals surface area contributed by atoms with Crippen molar-refractivity contribution in [2.75, 3.05) is 0 Å². The van der Waals surface area contributed by atoms with E-state index >= 15 is 0 Å². The predicted octanol–water partition coefficient (Wildman–Crippen LogP) is 7.16. The molecule has 2 nitrogen and oxygen atoms in total. The van der Waals surface area contributed by atoms with Crippen LogP contribution >= 0.6 is 0 Å². The van der Waals surface area contributed by atoms with Gasteiger partial charge in [-0.05, 0) is 18.9 Å². The van der Waals surface area contributed by atoms with E-state index < -0.39 is 11.9 Å². The molecule has 1 rings (SSSR count). The van der Waals surface area contributed by atoms with Crippen LogP contribution in [0.25, 0.3) is 0 Å². The molecule has 1 heterocycles. The van der Waals surface area contributed by atoms with Gasteiger partial charge in [-0.15, -0.1) is 0 Å². The Hall–Kier alpha value is -1.00. The molecule has 0 aromatic carbocycles. The van der Waals surface area contributed by atoms with E-state index in [0.717, 1.165) is 44.6 Å². The normalized spacial score (nSPS) is 12.2. The minimum Gasteiger partial charge on any atom is -0.269 e. The Kier molecular flexibility index (Phi) is 10.1. The smallest absolute Gasteiger partial charge is 0.269 e. The van der Waals surface area contributed by atoms with Gasteiger partial charge in [0.15, 0.2) is 5.69 Å². The van der Waals surface area contributed by atoms with E-state index in [9.17, 15) is 13.2 Å². The van der Waals surface area contributed by atoms with Crippen LogP contribution in [0.4, 0.5) is 13.2 Å². The predicted molar refractivity (Wildman–Crippen MR) is 93.0 cm³/mol. The third-order valence-electron chi connectivity index (χ3n) is 4.55. The maximum atomic E-state index is 12.8. The topological polar surface area (TPSA) is 17.8 Å². The van der Waals surface area contributed by atoms with Gasteiger partial charge in [-0.3, -0.25) is 4.68 Å². The molecule has 0 unspecified atom stereocenters. The molecule has 0 aliphatic heterocycles. The second-order valence-electron chi connectivity index (χ2n) is 6.74. The van der Waals surface area contributed by atoms with Crippen molar-refractivity contribution in [1.82, 2.24) is 9.78 Å². The largest absolute Gasteiger partial charge is 0.435 e. The highest BCUT2D eigenvalue weighted by Crippen LogP contribution is 2.29. The van der Waals surface area contributed by atoms with Crippen molar-refractivity contribution in [3.05, 3.63) is 18.0 Å². The Morgan fingerprint density at radius 1 is 0.875 bits per heavy atom. The Balaban J connectivity index is 2.54. The van der Waals surface area contributed by atoms with Crippen molar-refractivity contribution in [3.8, 4) is 0 Å². The van der Waals surface area contributed by atoms with E-state index in [1.807, 2.05) is 0 Å². The molecule has 5 heteroatoms. The molecule has 0 aliphatic carbocycles. The van der Waals surface area contributed by atoms with Crippen LogP contribution in [0.3, 0.4) is 0 Å². The number of hydrogen-bond acceptors (Lipinski definition) is 1. The van der Waals surface area contributed by atoms with Crippen molar-refractivity contribution in [3.63, 3.8) is 0 Å². The minimum absolute atomic E-state index is 0.101. The van der Waals surface area contributed by atoms with Crippen molar-refractivity contribution in [2.24, 2.45) is 0 Å². The molecule has 1 aromatic heterocycles. The fraction of sp³-hybridized carbons (Fsp3) is 0.842. The Labute approximate surface area is 144 Å². The molecular weight excluding hydrogens is 313 g/mol. The first-order chi connectivity index (χ1) is 11.5. The Bertz CT molecular complexity index is 412. The molecule has 24 heavy (non-hydrogen) atoms. The second kappa shape index (κ2) is 11.5. The summed E-state index contributed by atoms with van der Waals surface area (Å²) >= 11 is 0. The molecule has 0 atom stereocenters. The highest BCUT2D eigenvalue weighted by molar-refractivity contribution is 5.03. The average Bonchev–Trinajstić information content (AvgIpc) is 3.02. The SMILES string of the molecule is CCCCCCCC(CCCCCCC)n1ccc(C(F)(F)F)n1. The molecule has 1 aromatic rings. The molecule has 140 valence electrons. The van der Waals surface area contributed by atoms with E-state index in [1.165, 1.54) is 44.7 Å². The molecule has 0 saturated carbocycles. The van der Waals surface area contributed by atoms with E-state index in [1.54, 1.807) is 4.68 Å². The van der Waals surface area contributed by atoms with Crippen LogP contribution < -0.4 is 0 Å². The third kappa shape index (κ3) is 8.20. The summed E-state index contributed by atoms with van der Waals surface area (Å²) < 4.78 is 39.9. The summed E-state index contributed by atoms with van der Waals surface area (Å²) in [5, 5.41) is 3.80. The number of alkyl halides is 3. The molecule has 0 spiro atoms. The second-order valence-corrected chi connectivity index (χ2v) is 6.74. The molecular formula is C19H33F3N2. The lowest BCUT2D eigenvalue weighted by atomic mass is 10.0. The summed E-state index contributed by atoms with van der Waals surface area (Å²) in [6, 6.07) is 1.20. The van der Waals surface area contributed by atoms with E-state index in [0.29, 0.717) is 0 Å². The van der Waals surface area contributed by atoms with Crippen LogP contribution in [0, 0.1) is 0 Å². The van der Waals surface area contributed by atoms with Crippen LogP contribution in [-0.4, -0.2) is 9.78 Å². The van der Waals surface area contributed by atoms with Crippen LogP contribution in [0.1, 0.15) is 103 Å². The van der Waals surface area contributed by atoms with Gasteiger partial charge in [-0.25, -0.2) is 0 Å². The molecule has 0 bridgehead atoms. The highest BCUT2D eigenvalue weighted by Gasteiger charge is 2.34. The first-order valence-corrected chi connectivity index (χ1v) is 9.61. The lowest BCUT2D eigenvalue weighted by Gasteiger charge is -2.18. The van der Waals surface area contributed by atoms with Gasteiger partial charge in [-0.2, -0.15) is 18.3 Å². The van der Waals surface area contributed by atoms with Gasteiger partial charge in [0.25, 0.3) is 0 Å². The average molecular weight is 346 g/mol. The lowest BCUT2D eigenvalue weighted by molar-refractivity contribution is -0.141. The molecule has 0 fully saturated rings. The Morgan fingerprint density at radius 2 is 1.38 bits per heavy atom. The Morgan fingerprint density at radius 3 is 1.79 bits per heavy atom. The zero-order valence-corrected chi connectivity index (χ0v) is 15.2. The first kappa shape index (κ1) is 21.0. The number of halogens is 3. The zero-order valence-electron chi connectivity index (χ0n) is 15.2. The number of aromatic nitrogens is 2.